The lowest BCUT2D eigenvalue weighted by atomic mass is 10.1. The molecule has 7 heteroatoms. The second kappa shape index (κ2) is 4.99. The predicted molar refractivity (Wildman–Crippen MR) is 53.5 cm³/mol. The van der Waals surface area contributed by atoms with Gasteiger partial charge in [-0.1, -0.05) is 15.9 Å². The molecular weight excluding hydrogens is 286 g/mol. The van der Waals surface area contributed by atoms with Gasteiger partial charge in [0.15, 0.2) is 0 Å². The first kappa shape index (κ1) is 12.5. The molecule has 84 valence electrons. The van der Waals surface area contributed by atoms with E-state index >= 15 is 0 Å². The number of carbonyl (C=O) groups is 1. The number of alkyl halides is 3. The third-order valence-corrected chi connectivity index (χ3v) is 2.35. The summed E-state index contributed by atoms with van der Waals surface area (Å²) in [5.74, 6) is -1.41. The molecule has 0 saturated carbocycles. The fourth-order valence-electron chi connectivity index (χ4n) is 1.13. The minimum atomic E-state index is -2.91. The second-order valence-corrected chi connectivity index (χ2v) is 3.33. The lowest BCUT2D eigenvalue weighted by molar-refractivity contribution is 0.0689. The fraction of sp³-hybridized carbons (Fsp3) is 0.222. The number of hydrogen-bond acceptors (Lipinski definition) is 3. The Bertz CT molecular complexity index is 471. The maximum atomic E-state index is 12.6. The molecule has 0 aromatic carbocycles. The van der Waals surface area contributed by atoms with Crippen LogP contribution in [0.3, 0.4) is 0 Å². The number of carboxylic acid groups (broad SMARTS) is 1. The largest absolute Gasteiger partial charge is 0.477 e. The van der Waals surface area contributed by atoms with Crippen LogP contribution in [0.15, 0.2) is 6.07 Å². The SMILES string of the molecule is N#Cc1c(C(F)F)cc(C(=O)O)nc1CBr. The average Bonchev–Trinajstić information content (AvgIpc) is 2.26. The smallest absolute Gasteiger partial charge is 0.354 e. The van der Waals surface area contributed by atoms with Gasteiger partial charge in [0.25, 0.3) is 6.43 Å². The predicted octanol–water partition coefficient (Wildman–Crippen LogP) is 2.48. The Morgan fingerprint density at radius 3 is 2.69 bits per heavy atom. The maximum absolute atomic E-state index is 12.6. The van der Waals surface area contributed by atoms with Gasteiger partial charge in [0.1, 0.15) is 11.8 Å². The fourth-order valence-corrected chi connectivity index (χ4v) is 1.53. The summed E-state index contributed by atoms with van der Waals surface area (Å²) in [5.41, 5.74) is -1.39. The zero-order valence-electron chi connectivity index (χ0n) is 7.75. The van der Waals surface area contributed by atoms with Gasteiger partial charge in [-0.2, -0.15) is 5.26 Å². The van der Waals surface area contributed by atoms with Crippen molar-refractivity contribution in [2.75, 3.05) is 0 Å². The Labute approximate surface area is 97.7 Å². The van der Waals surface area contributed by atoms with Crippen molar-refractivity contribution in [1.29, 1.82) is 5.26 Å². The van der Waals surface area contributed by atoms with Gasteiger partial charge in [-0.25, -0.2) is 18.6 Å². The minimum Gasteiger partial charge on any atom is -0.477 e. The van der Waals surface area contributed by atoms with Crippen molar-refractivity contribution in [3.63, 3.8) is 0 Å². The minimum absolute atomic E-state index is 0.00213. The summed E-state index contributed by atoms with van der Waals surface area (Å²) in [5, 5.41) is 17.4. The number of nitrogens with zero attached hydrogens (tertiary/aromatic N) is 2. The van der Waals surface area contributed by atoms with Crippen LogP contribution in [0.25, 0.3) is 0 Å². The summed E-state index contributed by atoms with van der Waals surface area (Å²) in [6, 6.07) is 2.32. The van der Waals surface area contributed by atoms with Crippen LogP contribution in [0, 0.1) is 11.3 Å². The molecule has 0 fully saturated rings. The normalized spacial score (nSPS) is 10.2. The molecule has 0 unspecified atom stereocenters. The van der Waals surface area contributed by atoms with Crippen LogP contribution in [0.5, 0.6) is 0 Å². The van der Waals surface area contributed by atoms with Crippen molar-refractivity contribution >= 4 is 21.9 Å². The van der Waals surface area contributed by atoms with Crippen molar-refractivity contribution in [2.45, 2.75) is 11.8 Å². The number of aromatic carboxylic acids is 1. The molecule has 0 aliphatic heterocycles. The molecule has 0 atom stereocenters. The van der Waals surface area contributed by atoms with Crippen molar-refractivity contribution in [3.8, 4) is 6.07 Å². The highest BCUT2D eigenvalue weighted by atomic mass is 79.9. The standard InChI is InChI=1S/C9H5BrF2N2O2/c10-2-7-5(3-13)4(8(11)12)1-6(14-7)9(15)16/h1,8H,2H2,(H,15,16). The monoisotopic (exact) mass is 290 g/mol. The molecule has 0 bridgehead atoms. The number of halogens is 3. The summed E-state index contributed by atoms with van der Waals surface area (Å²) in [4.78, 5) is 14.2. The van der Waals surface area contributed by atoms with E-state index in [0.717, 1.165) is 6.07 Å². The summed E-state index contributed by atoms with van der Waals surface area (Å²) in [6.45, 7) is 0. The molecule has 0 amide bonds. The Hall–Kier alpha value is -1.55. The number of hydrogen-bond donors (Lipinski definition) is 1. The molecule has 16 heavy (non-hydrogen) atoms. The number of carboxylic acids is 1. The Balaban J connectivity index is 3.51. The summed E-state index contributed by atoms with van der Waals surface area (Å²) in [7, 11) is 0. The van der Waals surface area contributed by atoms with Crippen LogP contribution >= 0.6 is 15.9 Å². The molecule has 4 nitrogen and oxygen atoms in total. The lowest BCUT2D eigenvalue weighted by Gasteiger charge is -2.07. The van der Waals surface area contributed by atoms with Crippen LogP contribution in [0.1, 0.15) is 33.7 Å². The van der Waals surface area contributed by atoms with E-state index in [0.29, 0.717) is 0 Å². The number of rotatable bonds is 3. The first-order valence-corrected chi connectivity index (χ1v) is 5.14. The molecule has 1 rings (SSSR count). The first-order chi connectivity index (χ1) is 7.51. The molecule has 0 saturated heterocycles. The van der Waals surface area contributed by atoms with Crippen LogP contribution in [0.2, 0.25) is 0 Å². The summed E-state index contributed by atoms with van der Waals surface area (Å²) >= 11 is 2.96. The van der Waals surface area contributed by atoms with Crippen LogP contribution in [-0.4, -0.2) is 16.1 Å². The van der Waals surface area contributed by atoms with Gasteiger partial charge in [-0.3, -0.25) is 0 Å². The van der Waals surface area contributed by atoms with Crippen LogP contribution in [0.4, 0.5) is 8.78 Å². The van der Waals surface area contributed by atoms with E-state index in [1.807, 2.05) is 0 Å². The van der Waals surface area contributed by atoms with Gasteiger partial charge >= 0.3 is 5.97 Å². The van der Waals surface area contributed by atoms with Gasteiger partial charge in [-0.15, -0.1) is 0 Å². The van der Waals surface area contributed by atoms with Gasteiger partial charge in [0, 0.05) is 10.9 Å². The number of aromatic nitrogens is 1. The highest BCUT2D eigenvalue weighted by Gasteiger charge is 2.20. The Kier molecular flexibility index (Phi) is 3.90. The van der Waals surface area contributed by atoms with Gasteiger partial charge < -0.3 is 5.11 Å². The van der Waals surface area contributed by atoms with Gasteiger partial charge in [0.2, 0.25) is 0 Å². The van der Waals surface area contributed by atoms with Crippen molar-refractivity contribution < 1.29 is 18.7 Å². The second-order valence-electron chi connectivity index (χ2n) is 2.77. The quantitative estimate of drug-likeness (QED) is 0.868. The maximum Gasteiger partial charge on any atom is 0.354 e. The van der Waals surface area contributed by atoms with E-state index in [2.05, 4.69) is 20.9 Å². The van der Waals surface area contributed by atoms with Gasteiger partial charge in [0.05, 0.1) is 11.3 Å². The third-order valence-electron chi connectivity index (χ3n) is 1.82. The van der Waals surface area contributed by atoms with E-state index in [-0.39, 0.29) is 16.6 Å². The molecule has 0 spiro atoms. The lowest BCUT2D eigenvalue weighted by Crippen LogP contribution is -2.07. The first-order valence-electron chi connectivity index (χ1n) is 4.02. The van der Waals surface area contributed by atoms with E-state index in [1.165, 1.54) is 0 Å². The molecular formula is C9H5BrF2N2O2. The van der Waals surface area contributed by atoms with Crippen molar-refractivity contribution in [3.05, 3.63) is 28.6 Å². The molecule has 0 radical (unpaired) electrons. The van der Waals surface area contributed by atoms with Crippen LogP contribution in [-0.2, 0) is 5.33 Å². The molecule has 1 aromatic rings. The van der Waals surface area contributed by atoms with E-state index < -0.39 is 23.7 Å². The van der Waals surface area contributed by atoms with E-state index in [9.17, 15) is 13.6 Å². The highest BCUT2D eigenvalue weighted by molar-refractivity contribution is 9.08. The molecule has 1 N–H and O–H groups in total. The van der Waals surface area contributed by atoms with Crippen molar-refractivity contribution in [2.24, 2.45) is 0 Å². The molecule has 0 aliphatic carbocycles. The summed E-state index contributed by atoms with van der Waals surface area (Å²) in [6.07, 6.45) is -2.91. The molecule has 1 aromatic heterocycles. The average molecular weight is 291 g/mol. The van der Waals surface area contributed by atoms with E-state index in [1.54, 1.807) is 6.07 Å². The highest BCUT2D eigenvalue weighted by Crippen LogP contribution is 2.26. The zero-order valence-corrected chi connectivity index (χ0v) is 9.33. The Morgan fingerprint density at radius 1 is 1.69 bits per heavy atom. The van der Waals surface area contributed by atoms with Gasteiger partial charge in [-0.05, 0) is 6.07 Å². The summed E-state index contributed by atoms with van der Waals surface area (Å²) < 4.78 is 25.2. The molecule has 0 aliphatic rings. The Morgan fingerprint density at radius 2 is 2.31 bits per heavy atom. The van der Waals surface area contributed by atoms with Crippen molar-refractivity contribution in [1.82, 2.24) is 4.98 Å². The number of pyridine rings is 1. The number of nitriles is 1. The molecule has 1 heterocycles. The zero-order chi connectivity index (χ0) is 12.3. The van der Waals surface area contributed by atoms with Crippen LogP contribution < -0.4 is 0 Å². The third kappa shape index (κ3) is 2.33. The topological polar surface area (TPSA) is 74.0 Å². The van der Waals surface area contributed by atoms with E-state index in [4.69, 9.17) is 10.4 Å².